The molecule has 1 N–H and O–H groups in total. The summed E-state index contributed by atoms with van der Waals surface area (Å²) in [6, 6.07) is 7.12. The fraction of sp³-hybridized carbons (Fsp3) is 0.533. The Morgan fingerprint density at radius 3 is 2.33 bits per heavy atom. The van der Waals surface area contributed by atoms with Gasteiger partial charge in [-0.1, -0.05) is 12.8 Å². The third kappa shape index (κ3) is 3.05. The van der Waals surface area contributed by atoms with E-state index in [2.05, 4.69) is 5.32 Å². The zero-order chi connectivity index (χ0) is 14.9. The zero-order valence-corrected chi connectivity index (χ0v) is 12.7. The van der Waals surface area contributed by atoms with Crippen LogP contribution in [0.3, 0.4) is 0 Å². The Morgan fingerprint density at radius 1 is 1.10 bits per heavy atom. The van der Waals surface area contributed by atoms with Crippen molar-refractivity contribution in [1.29, 1.82) is 0 Å². The molecule has 0 bridgehead atoms. The van der Waals surface area contributed by atoms with Crippen LogP contribution < -0.4 is 9.62 Å². The van der Waals surface area contributed by atoms with Gasteiger partial charge in [0.15, 0.2) is 0 Å². The molecule has 1 amide bonds. The lowest BCUT2D eigenvalue weighted by Gasteiger charge is -2.17. The Hall–Kier alpha value is -1.56. The Morgan fingerprint density at radius 2 is 1.76 bits per heavy atom. The van der Waals surface area contributed by atoms with E-state index >= 15 is 0 Å². The Labute approximate surface area is 125 Å². The highest BCUT2D eigenvalue weighted by molar-refractivity contribution is 7.93. The SMILES string of the molecule is O=C(NC1CCCC1)c1ccc(N2CCCS2(=O)=O)cc1. The van der Waals surface area contributed by atoms with Crippen LogP contribution in [-0.2, 0) is 10.0 Å². The van der Waals surface area contributed by atoms with Gasteiger partial charge in [-0.15, -0.1) is 0 Å². The Bertz CT molecular complexity index is 619. The summed E-state index contributed by atoms with van der Waals surface area (Å²) in [6.45, 7) is 0.524. The van der Waals surface area contributed by atoms with Gasteiger partial charge in [0, 0.05) is 18.2 Å². The highest BCUT2D eigenvalue weighted by Crippen LogP contribution is 2.24. The van der Waals surface area contributed by atoms with Crippen molar-refractivity contribution in [2.45, 2.75) is 38.1 Å². The molecule has 6 heteroatoms. The van der Waals surface area contributed by atoms with E-state index in [4.69, 9.17) is 0 Å². The predicted molar refractivity (Wildman–Crippen MR) is 81.9 cm³/mol. The molecule has 0 aromatic heterocycles. The maximum Gasteiger partial charge on any atom is 0.251 e. The Kier molecular flexibility index (Phi) is 3.89. The molecule has 0 atom stereocenters. The summed E-state index contributed by atoms with van der Waals surface area (Å²) >= 11 is 0. The number of hydrogen-bond acceptors (Lipinski definition) is 3. The number of sulfonamides is 1. The van der Waals surface area contributed by atoms with E-state index in [0.717, 1.165) is 12.8 Å². The first-order valence-electron chi connectivity index (χ1n) is 7.48. The number of carbonyl (C=O) groups excluding carboxylic acids is 1. The van der Waals surface area contributed by atoms with E-state index in [1.807, 2.05) is 0 Å². The summed E-state index contributed by atoms with van der Waals surface area (Å²) in [6.07, 6.45) is 5.12. The molecular weight excluding hydrogens is 288 g/mol. The average Bonchev–Trinajstić information content (AvgIpc) is 3.08. The van der Waals surface area contributed by atoms with Gasteiger partial charge < -0.3 is 5.32 Å². The van der Waals surface area contributed by atoms with E-state index in [-0.39, 0.29) is 17.7 Å². The number of nitrogens with zero attached hydrogens (tertiary/aromatic N) is 1. The molecule has 5 nitrogen and oxygen atoms in total. The molecule has 2 aliphatic rings. The largest absolute Gasteiger partial charge is 0.349 e. The van der Waals surface area contributed by atoms with Crippen molar-refractivity contribution in [1.82, 2.24) is 5.32 Å². The molecule has 2 fully saturated rings. The minimum Gasteiger partial charge on any atom is -0.349 e. The van der Waals surface area contributed by atoms with Gasteiger partial charge in [0.2, 0.25) is 10.0 Å². The van der Waals surface area contributed by atoms with Crippen LogP contribution in [0.5, 0.6) is 0 Å². The minimum absolute atomic E-state index is 0.0715. The van der Waals surface area contributed by atoms with Crippen molar-refractivity contribution < 1.29 is 13.2 Å². The molecule has 3 rings (SSSR count). The molecule has 1 aromatic carbocycles. The quantitative estimate of drug-likeness (QED) is 0.927. The second-order valence-electron chi connectivity index (χ2n) is 5.74. The number of benzene rings is 1. The van der Waals surface area contributed by atoms with Crippen molar-refractivity contribution in [2.24, 2.45) is 0 Å². The predicted octanol–water partition coefficient (Wildman–Crippen LogP) is 1.90. The van der Waals surface area contributed by atoms with Crippen molar-refractivity contribution >= 4 is 21.6 Å². The number of nitrogens with one attached hydrogen (secondary N) is 1. The van der Waals surface area contributed by atoms with E-state index in [1.165, 1.54) is 17.1 Å². The fourth-order valence-electron chi connectivity index (χ4n) is 3.05. The summed E-state index contributed by atoms with van der Waals surface area (Å²) in [5.41, 5.74) is 1.23. The lowest BCUT2D eigenvalue weighted by molar-refractivity contribution is 0.0938. The lowest BCUT2D eigenvalue weighted by Crippen LogP contribution is -2.32. The van der Waals surface area contributed by atoms with Crippen LogP contribution in [0.1, 0.15) is 42.5 Å². The van der Waals surface area contributed by atoms with Gasteiger partial charge in [-0.05, 0) is 43.5 Å². The van der Waals surface area contributed by atoms with Crippen molar-refractivity contribution in [3.05, 3.63) is 29.8 Å². The topological polar surface area (TPSA) is 66.5 Å². The first kappa shape index (κ1) is 14.4. The van der Waals surface area contributed by atoms with Gasteiger partial charge in [0.05, 0.1) is 11.4 Å². The highest BCUT2D eigenvalue weighted by atomic mass is 32.2. The summed E-state index contributed by atoms with van der Waals surface area (Å²) in [5, 5.41) is 3.03. The van der Waals surface area contributed by atoms with Crippen molar-refractivity contribution in [3.8, 4) is 0 Å². The average molecular weight is 308 g/mol. The van der Waals surface area contributed by atoms with Crippen molar-refractivity contribution in [2.75, 3.05) is 16.6 Å². The third-order valence-corrected chi connectivity index (χ3v) is 6.08. The van der Waals surface area contributed by atoms with E-state index in [9.17, 15) is 13.2 Å². The van der Waals surface area contributed by atoms with Gasteiger partial charge in [0.1, 0.15) is 0 Å². The van der Waals surface area contributed by atoms with Gasteiger partial charge >= 0.3 is 0 Å². The fourth-order valence-corrected chi connectivity index (χ4v) is 4.61. The van der Waals surface area contributed by atoms with E-state index < -0.39 is 10.0 Å². The first-order chi connectivity index (χ1) is 10.1. The minimum atomic E-state index is -3.16. The molecule has 21 heavy (non-hydrogen) atoms. The second-order valence-corrected chi connectivity index (χ2v) is 7.76. The van der Waals surface area contributed by atoms with Gasteiger partial charge in [0.25, 0.3) is 5.91 Å². The highest BCUT2D eigenvalue weighted by Gasteiger charge is 2.28. The third-order valence-electron chi connectivity index (χ3n) is 4.21. The first-order valence-corrected chi connectivity index (χ1v) is 9.08. The van der Waals surface area contributed by atoms with Crippen LogP contribution in [-0.4, -0.2) is 32.7 Å². The molecule has 1 saturated carbocycles. The lowest BCUT2D eigenvalue weighted by atomic mass is 10.1. The Balaban J connectivity index is 1.70. The van der Waals surface area contributed by atoms with Crippen LogP contribution >= 0.6 is 0 Å². The molecule has 0 spiro atoms. The summed E-state index contributed by atoms with van der Waals surface area (Å²) in [7, 11) is -3.16. The van der Waals surface area contributed by atoms with E-state index in [0.29, 0.717) is 24.2 Å². The van der Waals surface area contributed by atoms with Crippen LogP contribution in [0.2, 0.25) is 0 Å². The molecular formula is C15H20N2O3S. The number of rotatable bonds is 3. The van der Waals surface area contributed by atoms with E-state index in [1.54, 1.807) is 24.3 Å². The van der Waals surface area contributed by atoms with Crippen LogP contribution in [0.25, 0.3) is 0 Å². The molecule has 114 valence electrons. The van der Waals surface area contributed by atoms with Gasteiger partial charge in [-0.3, -0.25) is 9.10 Å². The molecule has 1 aromatic rings. The molecule has 1 aliphatic heterocycles. The summed E-state index contributed by atoms with van der Waals surface area (Å²) < 4.78 is 25.1. The molecule has 1 heterocycles. The van der Waals surface area contributed by atoms with Gasteiger partial charge in [-0.2, -0.15) is 0 Å². The smallest absolute Gasteiger partial charge is 0.251 e. The maximum atomic E-state index is 12.1. The van der Waals surface area contributed by atoms with Crippen LogP contribution in [0.15, 0.2) is 24.3 Å². The monoisotopic (exact) mass is 308 g/mol. The number of anilines is 1. The molecule has 1 aliphatic carbocycles. The van der Waals surface area contributed by atoms with Crippen LogP contribution in [0, 0.1) is 0 Å². The van der Waals surface area contributed by atoms with Crippen molar-refractivity contribution in [3.63, 3.8) is 0 Å². The zero-order valence-electron chi connectivity index (χ0n) is 11.9. The van der Waals surface area contributed by atoms with Gasteiger partial charge in [-0.25, -0.2) is 8.42 Å². The second kappa shape index (κ2) is 5.67. The maximum absolute atomic E-state index is 12.1. The number of amides is 1. The summed E-state index contributed by atoms with van der Waals surface area (Å²) in [4.78, 5) is 12.1. The molecule has 0 radical (unpaired) electrons. The normalized spacial score (nSPS) is 21.6. The standard InChI is InChI=1S/C15H20N2O3S/c18-15(16-13-4-1-2-5-13)12-6-8-14(9-7-12)17-10-3-11-21(17,19)20/h6-9,13H,1-5,10-11H2,(H,16,18). The number of carbonyl (C=O) groups is 1. The molecule has 0 unspecified atom stereocenters. The van der Waals surface area contributed by atoms with Crippen LogP contribution in [0.4, 0.5) is 5.69 Å². The molecule has 1 saturated heterocycles. The number of hydrogen-bond donors (Lipinski definition) is 1. The summed E-state index contributed by atoms with van der Waals surface area (Å²) in [5.74, 6) is 0.134.